The van der Waals surface area contributed by atoms with E-state index in [1.165, 1.54) is 11.1 Å². The molecule has 1 N–H and O–H groups in total. The lowest BCUT2D eigenvalue weighted by atomic mass is 9.48. The van der Waals surface area contributed by atoms with Gasteiger partial charge in [0.15, 0.2) is 11.5 Å². The number of aryl methyl sites for hydroxylation is 2. The molecule has 1 saturated heterocycles. The molecule has 1 saturated carbocycles. The first kappa shape index (κ1) is 23.4. The first-order chi connectivity index (χ1) is 17.2. The van der Waals surface area contributed by atoms with Crippen LogP contribution in [0.3, 0.4) is 0 Å². The molecular weight excluding hydrogens is 452 g/mol. The van der Waals surface area contributed by atoms with Crippen molar-refractivity contribution in [3.05, 3.63) is 58.1 Å². The van der Waals surface area contributed by atoms with E-state index in [1.807, 2.05) is 38.2 Å². The van der Waals surface area contributed by atoms with Gasteiger partial charge in [-0.2, -0.15) is 0 Å². The molecule has 2 aliphatic heterocycles. The third kappa shape index (κ3) is 2.96. The molecule has 0 aromatic heterocycles. The SMILES string of the molecule is COc1ccc2c3c1O[C@H]1[C@@H](N(C)C(=O)C#Cc4ccc(C)c(C)c4)CC[C@@]4(O)[C@@H](C2)N(C)CC[C@]314. The monoisotopic (exact) mass is 486 g/mol. The number of carbonyl (C=O) groups excluding carboxylic acids is 1. The van der Waals surface area contributed by atoms with Crippen molar-refractivity contribution in [1.82, 2.24) is 9.80 Å². The summed E-state index contributed by atoms with van der Waals surface area (Å²) in [5.74, 6) is 7.12. The second-order valence-corrected chi connectivity index (χ2v) is 11.1. The molecule has 0 radical (unpaired) electrons. The number of rotatable bonds is 2. The minimum atomic E-state index is -0.916. The summed E-state index contributed by atoms with van der Waals surface area (Å²) in [6.07, 6.45) is 2.49. The Labute approximate surface area is 213 Å². The van der Waals surface area contributed by atoms with Crippen LogP contribution in [0.25, 0.3) is 0 Å². The highest BCUT2D eigenvalue weighted by atomic mass is 16.5. The fraction of sp³-hybridized carbons (Fsp3) is 0.500. The Morgan fingerprint density at radius 3 is 2.78 bits per heavy atom. The quantitative estimate of drug-likeness (QED) is 0.662. The van der Waals surface area contributed by atoms with E-state index in [9.17, 15) is 9.90 Å². The minimum absolute atomic E-state index is 0.0238. The number of hydrogen-bond acceptors (Lipinski definition) is 5. The van der Waals surface area contributed by atoms with Crippen LogP contribution in [0.4, 0.5) is 0 Å². The summed E-state index contributed by atoms with van der Waals surface area (Å²) >= 11 is 0. The Bertz CT molecular complexity index is 1330. The van der Waals surface area contributed by atoms with Crippen LogP contribution in [0.1, 0.15) is 47.1 Å². The van der Waals surface area contributed by atoms with Gasteiger partial charge in [-0.25, -0.2) is 0 Å². The van der Waals surface area contributed by atoms with Gasteiger partial charge in [0, 0.05) is 30.1 Å². The summed E-state index contributed by atoms with van der Waals surface area (Å²) in [7, 11) is 5.59. The molecule has 6 nitrogen and oxygen atoms in total. The van der Waals surface area contributed by atoms with Crippen molar-refractivity contribution in [2.24, 2.45) is 0 Å². The van der Waals surface area contributed by atoms with Crippen LogP contribution in [0.15, 0.2) is 30.3 Å². The summed E-state index contributed by atoms with van der Waals surface area (Å²) in [4.78, 5) is 17.4. The van der Waals surface area contributed by atoms with Crippen LogP contribution >= 0.6 is 0 Å². The molecule has 188 valence electrons. The van der Waals surface area contributed by atoms with Gasteiger partial charge < -0.3 is 24.4 Å². The first-order valence-corrected chi connectivity index (χ1v) is 12.9. The smallest absolute Gasteiger partial charge is 0.298 e. The third-order valence-corrected chi connectivity index (χ3v) is 9.54. The molecule has 6 rings (SSSR count). The number of likely N-dealkylation sites (tertiary alicyclic amines) is 1. The topological polar surface area (TPSA) is 62.2 Å². The maximum atomic E-state index is 13.3. The fourth-order valence-corrected chi connectivity index (χ4v) is 7.46. The summed E-state index contributed by atoms with van der Waals surface area (Å²) < 4.78 is 12.4. The van der Waals surface area contributed by atoms with E-state index in [1.54, 1.807) is 12.0 Å². The number of ether oxygens (including phenoxy) is 2. The number of likely N-dealkylation sites (N-methyl/N-ethyl adjacent to an activating group) is 2. The molecule has 2 heterocycles. The van der Waals surface area contributed by atoms with E-state index in [2.05, 4.69) is 36.8 Å². The van der Waals surface area contributed by atoms with E-state index < -0.39 is 11.0 Å². The number of piperidine rings is 1. The minimum Gasteiger partial charge on any atom is -0.493 e. The van der Waals surface area contributed by atoms with Gasteiger partial charge in [0.05, 0.1) is 24.2 Å². The molecular formula is C30H34N2O4. The van der Waals surface area contributed by atoms with Crippen LogP contribution in [-0.4, -0.2) is 72.4 Å². The third-order valence-electron chi connectivity index (χ3n) is 9.54. The van der Waals surface area contributed by atoms with Gasteiger partial charge in [0.25, 0.3) is 5.91 Å². The number of hydrogen-bond donors (Lipinski definition) is 1. The number of benzene rings is 2. The second kappa shape index (κ2) is 7.99. The summed E-state index contributed by atoms with van der Waals surface area (Å²) in [5, 5.41) is 12.4. The molecule has 6 heteroatoms. The van der Waals surface area contributed by atoms with Crippen LogP contribution in [0.5, 0.6) is 11.5 Å². The van der Waals surface area contributed by atoms with Gasteiger partial charge in [-0.05, 0) is 88.0 Å². The van der Waals surface area contributed by atoms with Gasteiger partial charge in [-0.1, -0.05) is 18.1 Å². The van der Waals surface area contributed by atoms with Gasteiger partial charge >= 0.3 is 0 Å². The summed E-state index contributed by atoms with van der Waals surface area (Å²) in [6, 6.07) is 9.93. The zero-order valence-corrected chi connectivity index (χ0v) is 21.7. The Balaban J connectivity index is 1.39. The molecule has 2 fully saturated rings. The largest absolute Gasteiger partial charge is 0.493 e. The van der Waals surface area contributed by atoms with Gasteiger partial charge in [-0.3, -0.25) is 4.79 Å². The molecule has 1 amide bonds. The molecule has 5 atom stereocenters. The highest BCUT2D eigenvalue weighted by Gasteiger charge is 2.73. The number of methoxy groups -OCH3 is 1. The normalized spacial score (nSPS) is 31.6. The van der Waals surface area contributed by atoms with Gasteiger partial charge in [-0.15, -0.1) is 0 Å². The Morgan fingerprint density at radius 1 is 1.22 bits per heavy atom. The zero-order valence-electron chi connectivity index (χ0n) is 21.7. The number of amides is 1. The van der Waals surface area contributed by atoms with Crippen molar-refractivity contribution < 1.29 is 19.4 Å². The van der Waals surface area contributed by atoms with Crippen LogP contribution in [-0.2, 0) is 16.6 Å². The summed E-state index contributed by atoms with van der Waals surface area (Å²) in [5.41, 5.74) is 4.03. The van der Waals surface area contributed by atoms with Crippen molar-refractivity contribution in [2.75, 3.05) is 27.7 Å². The van der Waals surface area contributed by atoms with E-state index in [0.29, 0.717) is 18.6 Å². The Hall–Kier alpha value is -3.01. The van der Waals surface area contributed by atoms with Crippen molar-refractivity contribution >= 4 is 5.91 Å². The van der Waals surface area contributed by atoms with Crippen molar-refractivity contribution in [2.45, 2.75) is 68.7 Å². The number of carbonyl (C=O) groups is 1. The molecule has 2 aromatic carbocycles. The molecule has 1 spiro atoms. The van der Waals surface area contributed by atoms with E-state index in [-0.39, 0.29) is 24.1 Å². The number of nitrogens with zero attached hydrogens (tertiary/aromatic N) is 2. The van der Waals surface area contributed by atoms with Crippen molar-refractivity contribution in [3.63, 3.8) is 0 Å². The average molecular weight is 487 g/mol. The molecule has 4 aliphatic rings. The summed E-state index contributed by atoms with van der Waals surface area (Å²) in [6.45, 7) is 4.99. The van der Waals surface area contributed by atoms with Crippen LogP contribution < -0.4 is 9.47 Å². The molecule has 0 unspecified atom stereocenters. The highest BCUT2D eigenvalue weighted by Crippen LogP contribution is 2.65. The average Bonchev–Trinajstić information content (AvgIpc) is 3.22. The van der Waals surface area contributed by atoms with Gasteiger partial charge in [0.1, 0.15) is 6.10 Å². The lowest BCUT2D eigenvalue weighted by molar-refractivity contribution is -0.195. The van der Waals surface area contributed by atoms with Gasteiger partial charge in [0.2, 0.25) is 0 Å². The maximum absolute atomic E-state index is 13.3. The second-order valence-electron chi connectivity index (χ2n) is 11.1. The van der Waals surface area contributed by atoms with Crippen LogP contribution in [0.2, 0.25) is 0 Å². The van der Waals surface area contributed by atoms with E-state index in [0.717, 1.165) is 41.8 Å². The number of aliphatic hydroxyl groups is 1. The standard InChI is InChI=1S/C30H34N2O4/c1-18-6-7-20(16-19(18)2)8-11-25(33)32(4)22-12-13-30(34)24-17-21-9-10-23(35-5)27-26(21)29(30,28(22)36-27)14-15-31(24)3/h6-7,9-10,16,22,24,28,34H,12-15,17H2,1-5H3/t22-,24+,28-,29-,30+/m0/s1. The molecule has 36 heavy (non-hydrogen) atoms. The molecule has 2 aromatic rings. The molecule has 2 bridgehead atoms. The zero-order chi connectivity index (χ0) is 25.4. The Kier molecular flexibility index (Phi) is 5.19. The van der Waals surface area contributed by atoms with Crippen molar-refractivity contribution in [3.8, 4) is 23.3 Å². The highest BCUT2D eigenvalue weighted by molar-refractivity contribution is 5.94. The predicted molar refractivity (Wildman–Crippen MR) is 137 cm³/mol. The lowest BCUT2D eigenvalue weighted by Gasteiger charge is -2.64. The van der Waals surface area contributed by atoms with Crippen molar-refractivity contribution in [1.29, 1.82) is 0 Å². The molecule has 2 aliphatic carbocycles. The predicted octanol–water partition coefficient (Wildman–Crippen LogP) is 2.97. The van der Waals surface area contributed by atoms with E-state index in [4.69, 9.17) is 9.47 Å². The lowest BCUT2D eigenvalue weighted by Crippen LogP contribution is -2.77. The fourth-order valence-electron chi connectivity index (χ4n) is 7.46. The maximum Gasteiger partial charge on any atom is 0.298 e. The Morgan fingerprint density at radius 2 is 2.03 bits per heavy atom. The van der Waals surface area contributed by atoms with E-state index >= 15 is 0 Å². The first-order valence-electron chi connectivity index (χ1n) is 12.9. The van der Waals surface area contributed by atoms with Crippen LogP contribution in [0, 0.1) is 25.7 Å².